The third-order valence-corrected chi connectivity index (χ3v) is 2.40. The average Bonchev–Trinajstić information content (AvgIpc) is 2.73. The van der Waals surface area contributed by atoms with Gasteiger partial charge in [-0.25, -0.2) is 4.68 Å². The average molecular weight is 217 g/mol. The number of benzene rings is 1. The minimum absolute atomic E-state index is 0.594. The summed E-state index contributed by atoms with van der Waals surface area (Å²) in [6.45, 7) is 0.594. The molecule has 2 rings (SSSR count). The molecule has 0 unspecified atom stereocenters. The van der Waals surface area contributed by atoms with Crippen LogP contribution in [0.25, 0.3) is 5.69 Å². The maximum absolute atomic E-state index is 5.54. The minimum atomic E-state index is 0.594. The van der Waals surface area contributed by atoms with Gasteiger partial charge in [-0.05, 0) is 25.1 Å². The van der Waals surface area contributed by atoms with Crippen LogP contribution in [0.1, 0.15) is 5.56 Å². The van der Waals surface area contributed by atoms with Crippen molar-refractivity contribution in [1.29, 1.82) is 0 Å². The highest BCUT2D eigenvalue weighted by atomic mass is 16.5. The summed E-state index contributed by atoms with van der Waals surface area (Å²) in [5.41, 5.74) is 7.56. The molecule has 2 aromatic rings. The lowest BCUT2D eigenvalue weighted by atomic mass is 10.2. The summed E-state index contributed by atoms with van der Waals surface area (Å²) in [6.07, 6.45) is 2.58. The fourth-order valence-corrected chi connectivity index (χ4v) is 1.67. The Morgan fingerprint density at radius 1 is 1.31 bits per heavy atom. The van der Waals surface area contributed by atoms with Gasteiger partial charge in [0, 0.05) is 5.56 Å². The Hall–Kier alpha value is -1.81. The Morgan fingerprint density at radius 2 is 2.06 bits per heavy atom. The standard InChI is InChI=1S/C12H15N3O/c1-16-12-10(7-8-13)9-14-15(12)11-5-3-2-4-6-11/h2-6,9H,7-8,13H2,1H3. The maximum atomic E-state index is 5.54. The molecule has 0 aliphatic rings. The first-order valence-electron chi connectivity index (χ1n) is 5.23. The van der Waals surface area contributed by atoms with Crippen LogP contribution in [0.15, 0.2) is 36.5 Å². The zero-order chi connectivity index (χ0) is 11.4. The lowest BCUT2D eigenvalue weighted by Crippen LogP contribution is -2.05. The van der Waals surface area contributed by atoms with E-state index in [2.05, 4.69) is 5.10 Å². The van der Waals surface area contributed by atoms with Gasteiger partial charge in [-0.3, -0.25) is 0 Å². The molecule has 2 N–H and O–H groups in total. The van der Waals surface area contributed by atoms with E-state index in [0.717, 1.165) is 23.6 Å². The monoisotopic (exact) mass is 217 g/mol. The van der Waals surface area contributed by atoms with Gasteiger partial charge in [0.15, 0.2) is 0 Å². The molecule has 4 heteroatoms. The molecule has 0 saturated carbocycles. The van der Waals surface area contributed by atoms with E-state index >= 15 is 0 Å². The van der Waals surface area contributed by atoms with E-state index in [0.29, 0.717) is 6.54 Å². The third-order valence-electron chi connectivity index (χ3n) is 2.40. The quantitative estimate of drug-likeness (QED) is 0.841. The van der Waals surface area contributed by atoms with E-state index in [1.807, 2.05) is 30.3 Å². The molecule has 4 nitrogen and oxygen atoms in total. The number of aromatic nitrogens is 2. The summed E-state index contributed by atoms with van der Waals surface area (Å²) in [5.74, 6) is 0.761. The lowest BCUT2D eigenvalue weighted by Gasteiger charge is -2.07. The maximum Gasteiger partial charge on any atom is 0.219 e. The van der Waals surface area contributed by atoms with Crippen molar-refractivity contribution in [2.75, 3.05) is 13.7 Å². The van der Waals surface area contributed by atoms with E-state index in [1.165, 1.54) is 0 Å². The predicted octanol–water partition coefficient (Wildman–Crippen LogP) is 1.38. The number of ether oxygens (including phenoxy) is 1. The van der Waals surface area contributed by atoms with Crippen LogP contribution in [0.3, 0.4) is 0 Å². The van der Waals surface area contributed by atoms with Crippen LogP contribution in [0, 0.1) is 0 Å². The van der Waals surface area contributed by atoms with Crippen LogP contribution in [-0.2, 0) is 6.42 Å². The molecule has 0 atom stereocenters. The fraction of sp³-hybridized carbons (Fsp3) is 0.250. The van der Waals surface area contributed by atoms with Gasteiger partial charge < -0.3 is 10.5 Å². The fourth-order valence-electron chi connectivity index (χ4n) is 1.67. The van der Waals surface area contributed by atoms with Crippen molar-refractivity contribution >= 4 is 0 Å². The number of hydrogen-bond donors (Lipinski definition) is 1. The molecule has 0 saturated heterocycles. The van der Waals surface area contributed by atoms with Gasteiger partial charge in [0.1, 0.15) is 0 Å². The Balaban J connectivity index is 2.42. The zero-order valence-electron chi connectivity index (χ0n) is 9.26. The highest BCUT2D eigenvalue weighted by Gasteiger charge is 2.11. The van der Waals surface area contributed by atoms with E-state index in [1.54, 1.807) is 18.0 Å². The number of nitrogens with two attached hydrogens (primary N) is 1. The Morgan fingerprint density at radius 3 is 2.69 bits per heavy atom. The van der Waals surface area contributed by atoms with Gasteiger partial charge >= 0.3 is 0 Å². The van der Waals surface area contributed by atoms with Crippen LogP contribution < -0.4 is 10.5 Å². The number of methoxy groups -OCH3 is 1. The summed E-state index contributed by atoms with van der Waals surface area (Å²) in [6, 6.07) is 9.89. The molecule has 0 fully saturated rings. The van der Waals surface area contributed by atoms with Crippen molar-refractivity contribution in [3.8, 4) is 11.6 Å². The Kier molecular flexibility index (Phi) is 3.22. The molecule has 1 aromatic heterocycles. The molecule has 1 heterocycles. The topological polar surface area (TPSA) is 53.1 Å². The second kappa shape index (κ2) is 4.81. The van der Waals surface area contributed by atoms with Crippen molar-refractivity contribution in [2.45, 2.75) is 6.42 Å². The first kappa shape index (κ1) is 10.7. The molecule has 0 radical (unpaired) electrons. The predicted molar refractivity (Wildman–Crippen MR) is 62.9 cm³/mol. The summed E-state index contributed by atoms with van der Waals surface area (Å²) in [4.78, 5) is 0. The largest absolute Gasteiger partial charge is 0.481 e. The number of rotatable bonds is 4. The molecule has 0 aliphatic heterocycles. The smallest absolute Gasteiger partial charge is 0.219 e. The molecule has 0 amide bonds. The molecule has 84 valence electrons. The normalized spacial score (nSPS) is 10.4. The molecule has 0 aliphatic carbocycles. The first-order chi connectivity index (χ1) is 7.86. The van der Waals surface area contributed by atoms with E-state index in [9.17, 15) is 0 Å². The van der Waals surface area contributed by atoms with Gasteiger partial charge in [0.25, 0.3) is 0 Å². The van der Waals surface area contributed by atoms with Crippen LogP contribution >= 0.6 is 0 Å². The third kappa shape index (κ3) is 1.92. The highest BCUT2D eigenvalue weighted by molar-refractivity contribution is 5.38. The first-order valence-corrected chi connectivity index (χ1v) is 5.23. The van der Waals surface area contributed by atoms with Crippen molar-refractivity contribution < 1.29 is 4.74 Å². The lowest BCUT2D eigenvalue weighted by molar-refractivity contribution is 0.379. The summed E-state index contributed by atoms with van der Waals surface area (Å²) >= 11 is 0. The van der Waals surface area contributed by atoms with Crippen LogP contribution in [0.5, 0.6) is 5.88 Å². The van der Waals surface area contributed by atoms with Crippen LogP contribution in [-0.4, -0.2) is 23.4 Å². The van der Waals surface area contributed by atoms with E-state index < -0.39 is 0 Å². The molecular weight excluding hydrogens is 202 g/mol. The Labute approximate surface area is 94.6 Å². The molecule has 0 bridgehead atoms. The minimum Gasteiger partial charge on any atom is -0.481 e. The summed E-state index contributed by atoms with van der Waals surface area (Å²) in [5, 5.41) is 4.31. The van der Waals surface area contributed by atoms with Gasteiger partial charge in [-0.2, -0.15) is 5.10 Å². The van der Waals surface area contributed by atoms with Crippen LogP contribution in [0.2, 0.25) is 0 Å². The Bertz CT molecular complexity index is 451. The van der Waals surface area contributed by atoms with Gasteiger partial charge in [0.2, 0.25) is 5.88 Å². The highest BCUT2D eigenvalue weighted by Crippen LogP contribution is 2.22. The molecule has 0 spiro atoms. The molecular formula is C12H15N3O. The van der Waals surface area contributed by atoms with Crippen molar-refractivity contribution in [2.24, 2.45) is 5.73 Å². The van der Waals surface area contributed by atoms with Crippen molar-refractivity contribution in [1.82, 2.24) is 9.78 Å². The summed E-state index contributed by atoms with van der Waals surface area (Å²) in [7, 11) is 1.65. The summed E-state index contributed by atoms with van der Waals surface area (Å²) < 4.78 is 7.15. The zero-order valence-corrected chi connectivity index (χ0v) is 9.26. The molecule has 1 aromatic carbocycles. The van der Waals surface area contributed by atoms with Gasteiger partial charge in [0.05, 0.1) is 19.0 Å². The van der Waals surface area contributed by atoms with Crippen molar-refractivity contribution in [3.05, 3.63) is 42.1 Å². The second-order valence-electron chi connectivity index (χ2n) is 3.47. The van der Waals surface area contributed by atoms with Gasteiger partial charge in [-0.1, -0.05) is 18.2 Å². The van der Waals surface area contributed by atoms with Crippen LogP contribution in [0.4, 0.5) is 0 Å². The molecule has 16 heavy (non-hydrogen) atoms. The van der Waals surface area contributed by atoms with E-state index in [-0.39, 0.29) is 0 Å². The second-order valence-corrected chi connectivity index (χ2v) is 3.47. The van der Waals surface area contributed by atoms with Gasteiger partial charge in [-0.15, -0.1) is 0 Å². The number of hydrogen-bond acceptors (Lipinski definition) is 3. The number of para-hydroxylation sites is 1. The van der Waals surface area contributed by atoms with E-state index in [4.69, 9.17) is 10.5 Å². The number of nitrogens with zero attached hydrogens (tertiary/aromatic N) is 2. The van der Waals surface area contributed by atoms with Crippen molar-refractivity contribution in [3.63, 3.8) is 0 Å². The SMILES string of the molecule is COc1c(CCN)cnn1-c1ccccc1.